The van der Waals surface area contributed by atoms with Crippen molar-refractivity contribution in [2.24, 2.45) is 5.92 Å². The van der Waals surface area contributed by atoms with Crippen LogP contribution < -0.4 is 0 Å². The molecule has 0 saturated carbocycles. The van der Waals surface area contributed by atoms with Gasteiger partial charge in [-0.1, -0.05) is 42.5 Å². The summed E-state index contributed by atoms with van der Waals surface area (Å²) in [5.41, 5.74) is 0.989. The molecule has 1 aromatic rings. The van der Waals surface area contributed by atoms with Crippen molar-refractivity contribution in [1.29, 1.82) is 0 Å². The van der Waals surface area contributed by atoms with Gasteiger partial charge in [0.05, 0.1) is 18.6 Å². The van der Waals surface area contributed by atoms with E-state index in [-0.39, 0.29) is 5.97 Å². The fourth-order valence-electron chi connectivity index (χ4n) is 1.35. The zero-order chi connectivity index (χ0) is 12.7. The first-order valence-electron chi connectivity index (χ1n) is 5.73. The van der Waals surface area contributed by atoms with Gasteiger partial charge >= 0.3 is 5.97 Å². The van der Waals surface area contributed by atoms with E-state index in [0.717, 1.165) is 5.56 Å². The van der Waals surface area contributed by atoms with Gasteiger partial charge in [-0.15, -0.1) is 0 Å². The Morgan fingerprint density at radius 3 is 2.65 bits per heavy atom. The molecule has 2 atom stereocenters. The number of ether oxygens (including phenoxy) is 1. The first kappa shape index (κ1) is 13.5. The molecule has 0 aliphatic rings. The molecule has 0 radical (unpaired) electrons. The number of hydrogen-bond donors (Lipinski definition) is 1. The third-order valence-corrected chi connectivity index (χ3v) is 2.46. The van der Waals surface area contributed by atoms with Crippen molar-refractivity contribution in [1.82, 2.24) is 0 Å². The van der Waals surface area contributed by atoms with Crippen LogP contribution in [0.4, 0.5) is 0 Å². The molecule has 17 heavy (non-hydrogen) atoms. The average molecular weight is 234 g/mol. The predicted molar refractivity (Wildman–Crippen MR) is 67.3 cm³/mol. The number of hydrogen-bond acceptors (Lipinski definition) is 3. The van der Waals surface area contributed by atoms with Gasteiger partial charge in [-0.3, -0.25) is 4.79 Å². The number of aliphatic hydroxyl groups excluding tert-OH is 1. The summed E-state index contributed by atoms with van der Waals surface area (Å²) >= 11 is 0. The Hall–Kier alpha value is -1.61. The minimum absolute atomic E-state index is 0.332. The Kier molecular flexibility index (Phi) is 5.43. The van der Waals surface area contributed by atoms with Crippen LogP contribution in [0.1, 0.15) is 19.4 Å². The fraction of sp³-hybridized carbons (Fsp3) is 0.357. The van der Waals surface area contributed by atoms with Crippen molar-refractivity contribution in [2.75, 3.05) is 6.61 Å². The lowest BCUT2D eigenvalue weighted by Crippen LogP contribution is -2.25. The Bertz CT molecular complexity index is 370. The Morgan fingerprint density at radius 2 is 2.06 bits per heavy atom. The highest BCUT2D eigenvalue weighted by molar-refractivity contribution is 5.73. The normalized spacial score (nSPS) is 14.5. The summed E-state index contributed by atoms with van der Waals surface area (Å²) in [6.45, 7) is 3.73. The van der Waals surface area contributed by atoms with E-state index in [2.05, 4.69) is 0 Å². The lowest BCUT2D eigenvalue weighted by molar-refractivity contribution is -0.150. The number of benzene rings is 1. The summed E-state index contributed by atoms with van der Waals surface area (Å²) in [6, 6.07) is 9.62. The maximum Gasteiger partial charge on any atom is 0.311 e. The average Bonchev–Trinajstić information content (AvgIpc) is 2.36. The lowest BCUT2D eigenvalue weighted by Gasteiger charge is -2.13. The van der Waals surface area contributed by atoms with E-state index in [1.165, 1.54) is 0 Å². The first-order chi connectivity index (χ1) is 8.15. The van der Waals surface area contributed by atoms with Gasteiger partial charge in [-0.25, -0.2) is 0 Å². The molecule has 3 nitrogen and oxygen atoms in total. The van der Waals surface area contributed by atoms with Gasteiger partial charge < -0.3 is 9.84 Å². The summed E-state index contributed by atoms with van der Waals surface area (Å²) in [5, 5.41) is 9.79. The summed E-state index contributed by atoms with van der Waals surface area (Å²) < 4.78 is 4.84. The van der Waals surface area contributed by atoms with Crippen LogP contribution in [0.25, 0.3) is 6.08 Å². The van der Waals surface area contributed by atoms with Crippen LogP contribution in [-0.4, -0.2) is 23.8 Å². The smallest absolute Gasteiger partial charge is 0.311 e. The first-order valence-corrected chi connectivity index (χ1v) is 5.73. The van der Waals surface area contributed by atoms with Crippen LogP contribution in [0.15, 0.2) is 36.4 Å². The molecule has 3 heteroatoms. The molecule has 0 heterocycles. The van der Waals surface area contributed by atoms with Gasteiger partial charge in [0.2, 0.25) is 0 Å². The van der Waals surface area contributed by atoms with Gasteiger partial charge in [0.25, 0.3) is 0 Å². The van der Waals surface area contributed by atoms with E-state index in [1.807, 2.05) is 30.3 Å². The van der Waals surface area contributed by atoms with Crippen molar-refractivity contribution >= 4 is 12.0 Å². The summed E-state index contributed by atoms with van der Waals surface area (Å²) in [6.07, 6.45) is 2.58. The molecule has 0 fully saturated rings. The third kappa shape index (κ3) is 4.41. The zero-order valence-electron chi connectivity index (χ0n) is 10.2. The highest BCUT2D eigenvalue weighted by atomic mass is 16.5. The zero-order valence-corrected chi connectivity index (χ0v) is 10.2. The van der Waals surface area contributed by atoms with E-state index in [0.29, 0.717) is 6.61 Å². The lowest BCUT2D eigenvalue weighted by atomic mass is 10.0. The van der Waals surface area contributed by atoms with E-state index < -0.39 is 12.0 Å². The van der Waals surface area contributed by atoms with Gasteiger partial charge in [-0.05, 0) is 19.4 Å². The number of carbonyl (C=O) groups is 1. The van der Waals surface area contributed by atoms with Gasteiger partial charge in [0, 0.05) is 0 Å². The molecule has 0 unspecified atom stereocenters. The van der Waals surface area contributed by atoms with Crippen LogP contribution in [-0.2, 0) is 9.53 Å². The summed E-state index contributed by atoms with van der Waals surface area (Å²) in [5.74, 6) is -0.923. The van der Waals surface area contributed by atoms with E-state index in [4.69, 9.17) is 4.74 Å². The van der Waals surface area contributed by atoms with Crippen LogP contribution in [0, 0.1) is 5.92 Å². The second-order valence-electron chi connectivity index (χ2n) is 3.80. The summed E-state index contributed by atoms with van der Waals surface area (Å²) in [7, 11) is 0. The number of esters is 1. The Morgan fingerprint density at radius 1 is 1.41 bits per heavy atom. The highest BCUT2D eigenvalue weighted by Crippen LogP contribution is 2.09. The standard InChI is InChI=1S/C14H18O3/c1-3-17-14(16)11(2)13(15)10-9-12-7-5-4-6-8-12/h4-11,13,15H,3H2,1-2H3/b10-9+/t11-,13+/m0/s1. The molecule has 92 valence electrons. The Balaban J connectivity index is 2.57. The maximum absolute atomic E-state index is 11.4. The topological polar surface area (TPSA) is 46.5 Å². The highest BCUT2D eigenvalue weighted by Gasteiger charge is 2.20. The van der Waals surface area contributed by atoms with Crippen LogP contribution in [0.2, 0.25) is 0 Å². The minimum atomic E-state index is -0.825. The molecular formula is C14H18O3. The molecule has 0 spiro atoms. The third-order valence-electron chi connectivity index (χ3n) is 2.46. The van der Waals surface area contributed by atoms with Gasteiger partial charge in [0.1, 0.15) is 0 Å². The van der Waals surface area contributed by atoms with E-state index >= 15 is 0 Å². The van der Waals surface area contributed by atoms with E-state index in [1.54, 1.807) is 26.0 Å². The van der Waals surface area contributed by atoms with Crippen molar-refractivity contribution in [3.63, 3.8) is 0 Å². The molecular weight excluding hydrogens is 216 g/mol. The minimum Gasteiger partial charge on any atom is -0.466 e. The monoisotopic (exact) mass is 234 g/mol. The van der Waals surface area contributed by atoms with Gasteiger partial charge in [0.15, 0.2) is 0 Å². The second-order valence-corrected chi connectivity index (χ2v) is 3.80. The summed E-state index contributed by atoms with van der Waals surface area (Å²) in [4.78, 5) is 11.4. The second kappa shape index (κ2) is 6.86. The quantitative estimate of drug-likeness (QED) is 0.795. The number of carbonyl (C=O) groups excluding carboxylic acids is 1. The molecule has 0 saturated heterocycles. The molecule has 0 bridgehead atoms. The number of aliphatic hydroxyl groups is 1. The van der Waals surface area contributed by atoms with Crippen LogP contribution in [0.3, 0.4) is 0 Å². The van der Waals surface area contributed by atoms with Gasteiger partial charge in [-0.2, -0.15) is 0 Å². The van der Waals surface area contributed by atoms with Crippen molar-refractivity contribution in [2.45, 2.75) is 20.0 Å². The maximum atomic E-state index is 11.4. The Labute approximate surface area is 102 Å². The molecule has 0 amide bonds. The number of rotatable bonds is 5. The molecule has 0 aromatic heterocycles. The SMILES string of the molecule is CCOC(=O)[C@@H](C)[C@H](O)/C=C/c1ccccc1. The molecule has 1 rings (SSSR count). The largest absolute Gasteiger partial charge is 0.466 e. The van der Waals surface area contributed by atoms with Crippen LogP contribution >= 0.6 is 0 Å². The molecule has 0 aliphatic carbocycles. The molecule has 0 aliphatic heterocycles. The van der Waals surface area contributed by atoms with Crippen LogP contribution in [0.5, 0.6) is 0 Å². The molecule has 1 N–H and O–H groups in total. The van der Waals surface area contributed by atoms with Crippen molar-refractivity contribution in [3.05, 3.63) is 42.0 Å². The van der Waals surface area contributed by atoms with Crippen molar-refractivity contribution in [3.8, 4) is 0 Å². The van der Waals surface area contributed by atoms with E-state index in [9.17, 15) is 9.90 Å². The predicted octanol–water partition coefficient (Wildman–Crippen LogP) is 2.26. The van der Waals surface area contributed by atoms with Crippen molar-refractivity contribution < 1.29 is 14.6 Å². The molecule has 1 aromatic carbocycles. The fourth-order valence-corrected chi connectivity index (χ4v) is 1.35.